The first-order chi connectivity index (χ1) is 5.75. The molecular formula is C9H18ClNO2. The van der Waals surface area contributed by atoms with Crippen molar-refractivity contribution in [3.05, 3.63) is 0 Å². The molecule has 0 aromatic heterocycles. The third-order valence-electron chi connectivity index (χ3n) is 2.37. The van der Waals surface area contributed by atoms with Gasteiger partial charge in [0.25, 0.3) is 0 Å². The molecule has 1 rings (SSSR count). The Labute approximate surface area is 85.6 Å². The summed E-state index contributed by atoms with van der Waals surface area (Å²) >= 11 is 0. The highest BCUT2D eigenvalue weighted by molar-refractivity contribution is 5.85. The third-order valence-corrected chi connectivity index (χ3v) is 2.37. The van der Waals surface area contributed by atoms with Crippen LogP contribution in [0.5, 0.6) is 0 Å². The van der Waals surface area contributed by atoms with E-state index in [1.54, 1.807) is 0 Å². The van der Waals surface area contributed by atoms with Gasteiger partial charge in [0.2, 0.25) is 0 Å². The van der Waals surface area contributed by atoms with Crippen molar-refractivity contribution in [1.82, 2.24) is 5.32 Å². The number of carbonyl (C=O) groups excluding carboxylic acids is 1. The van der Waals surface area contributed by atoms with Crippen LogP contribution in [0.4, 0.5) is 0 Å². The molecule has 0 aromatic rings. The van der Waals surface area contributed by atoms with E-state index in [9.17, 15) is 4.79 Å². The molecule has 0 aromatic carbocycles. The highest BCUT2D eigenvalue weighted by atomic mass is 35.5. The molecule has 13 heavy (non-hydrogen) atoms. The van der Waals surface area contributed by atoms with Gasteiger partial charge in [-0.1, -0.05) is 6.92 Å². The van der Waals surface area contributed by atoms with E-state index in [2.05, 4.69) is 12.2 Å². The van der Waals surface area contributed by atoms with Crippen LogP contribution in [0.25, 0.3) is 0 Å². The summed E-state index contributed by atoms with van der Waals surface area (Å²) in [5, 5.41) is 3.25. The second-order valence-electron chi connectivity index (χ2n) is 3.33. The van der Waals surface area contributed by atoms with Crippen LogP contribution < -0.4 is 5.32 Å². The number of halogens is 1. The first kappa shape index (κ1) is 12.7. The van der Waals surface area contributed by atoms with Gasteiger partial charge in [-0.25, -0.2) is 0 Å². The van der Waals surface area contributed by atoms with Crippen molar-refractivity contribution in [2.45, 2.75) is 20.3 Å². The van der Waals surface area contributed by atoms with E-state index in [0.29, 0.717) is 12.5 Å². The Balaban J connectivity index is 0.00000144. The quantitative estimate of drug-likeness (QED) is 0.692. The van der Waals surface area contributed by atoms with E-state index in [1.165, 1.54) is 0 Å². The Hall–Kier alpha value is -0.280. The molecule has 2 atom stereocenters. The molecule has 2 unspecified atom stereocenters. The summed E-state index contributed by atoms with van der Waals surface area (Å²) in [5.74, 6) is 0.510. The van der Waals surface area contributed by atoms with Gasteiger partial charge in [0.1, 0.15) is 0 Å². The molecule has 0 aliphatic carbocycles. The zero-order valence-corrected chi connectivity index (χ0v) is 9.02. The van der Waals surface area contributed by atoms with Crippen LogP contribution in [0.15, 0.2) is 0 Å². The van der Waals surface area contributed by atoms with Crippen molar-refractivity contribution in [2.24, 2.45) is 11.8 Å². The fraction of sp³-hybridized carbons (Fsp3) is 0.889. The summed E-state index contributed by atoms with van der Waals surface area (Å²) in [5.41, 5.74) is 0. The normalized spacial score (nSPS) is 27.5. The van der Waals surface area contributed by atoms with Gasteiger partial charge in [-0.15, -0.1) is 12.4 Å². The monoisotopic (exact) mass is 207 g/mol. The molecule has 0 amide bonds. The Morgan fingerprint density at radius 1 is 1.62 bits per heavy atom. The number of hydrogen-bond acceptors (Lipinski definition) is 3. The molecule has 0 saturated carbocycles. The largest absolute Gasteiger partial charge is 0.466 e. The van der Waals surface area contributed by atoms with E-state index < -0.39 is 0 Å². The maximum Gasteiger partial charge on any atom is 0.309 e. The number of ether oxygens (including phenoxy) is 1. The van der Waals surface area contributed by atoms with Gasteiger partial charge >= 0.3 is 5.97 Å². The lowest BCUT2D eigenvalue weighted by Crippen LogP contribution is -2.39. The molecule has 0 bridgehead atoms. The predicted octanol–water partition coefficient (Wildman–Crippen LogP) is 1.22. The highest BCUT2D eigenvalue weighted by Gasteiger charge is 2.28. The van der Waals surface area contributed by atoms with Crippen LogP contribution in [0.1, 0.15) is 20.3 Å². The van der Waals surface area contributed by atoms with Gasteiger partial charge < -0.3 is 10.1 Å². The predicted molar refractivity (Wildman–Crippen MR) is 54.0 cm³/mol. The summed E-state index contributed by atoms with van der Waals surface area (Å²) < 4.78 is 4.99. The van der Waals surface area contributed by atoms with E-state index in [0.717, 1.165) is 19.5 Å². The molecule has 1 fully saturated rings. The summed E-state index contributed by atoms with van der Waals surface area (Å²) in [6.07, 6.45) is 0.917. The average Bonchev–Trinajstić information content (AvgIpc) is 2.05. The molecule has 1 aliphatic rings. The molecule has 3 nitrogen and oxygen atoms in total. The highest BCUT2D eigenvalue weighted by Crippen LogP contribution is 2.19. The summed E-state index contributed by atoms with van der Waals surface area (Å²) in [4.78, 5) is 11.4. The lowest BCUT2D eigenvalue weighted by Gasteiger charge is -2.27. The number of nitrogens with one attached hydrogen (secondary N) is 1. The minimum Gasteiger partial charge on any atom is -0.466 e. The van der Waals surface area contributed by atoms with Gasteiger partial charge in [0.05, 0.1) is 12.5 Å². The molecular weight excluding hydrogens is 190 g/mol. The van der Waals surface area contributed by atoms with Gasteiger partial charge in [0, 0.05) is 0 Å². The molecule has 1 aliphatic heterocycles. The van der Waals surface area contributed by atoms with Gasteiger partial charge in [-0.3, -0.25) is 4.79 Å². The summed E-state index contributed by atoms with van der Waals surface area (Å²) in [7, 11) is 0. The summed E-state index contributed by atoms with van der Waals surface area (Å²) in [6, 6.07) is 0. The molecule has 78 valence electrons. The number of rotatable bonds is 2. The molecule has 0 radical (unpaired) electrons. The lowest BCUT2D eigenvalue weighted by atomic mass is 9.88. The number of hydrogen-bond donors (Lipinski definition) is 1. The zero-order chi connectivity index (χ0) is 8.97. The minimum atomic E-state index is -0.0218. The van der Waals surface area contributed by atoms with E-state index in [4.69, 9.17) is 4.74 Å². The van der Waals surface area contributed by atoms with E-state index >= 15 is 0 Å². The first-order valence-corrected chi connectivity index (χ1v) is 4.63. The SMILES string of the molecule is CCOC(=O)C1CCNCC1C.Cl. The Morgan fingerprint density at radius 2 is 2.31 bits per heavy atom. The van der Waals surface area contributed by atoms with Crippen molar-refractivity contribution in [2.75, 3.05) is 19.7 Å². The fourth-order valence-electron chi connectivity index (χ4n) is 1.61. The molecule has 1 N–H and O–H groups in total. The van der Waals surface area contributed by atoms with Crippen LogP contribution >= 0.6 is 12.4 Å². The average molecular weight is 208 g/mol. The maximum absolute atomic E-state index is 11.4. The van der Waals surface area contributed by atoms with Crippen molar-refractivity contribution < 1.29 is 9.53 Å². The number of piperidine rings is 1. The van der Waals surface area contributed by atoms with E-state index in [1.807, 2.05) is 6.92 Å². The Morgan fingerprint density at radius 3 is 2.85 bits per heavy atom. The number of carbonyl (C=O) groups is 1. The van der Waals surface area contributed by atoms with Crippen molar-refractivity contribution in [3.63, 3.8) is 0 Å². The smallest absolute Gasteiger partial charge is 0.309 e. The van der Waals surface area contributed by atoms with Crippen LogP contribution in [0, 0.1) is 11.8 Å². The Kier molecular flexibility index (Phi) is 6.08. The van der Waals surface area contributed by atoms with Crippen LogP contribution in [0.3, 0.4) is 0 Å². The topological polar surface area (TPSA) is 38.3 Å². The molecule has 4 heteroatoms. The minimum absolute atomic E-state index is 0. The van der Waals surface area contributed by atoms with Gasteiger partial charge in [0.15, 0.2) is 0 Å². The lowest BCUT2D eigenvalue weighted by molar-refractivity contribution is -0.150. The fourth-order valence-corrected chi connectivity index (χ4v) is 1.61. The van der Waals surface area contributed by atoms with Crippen LogP contribution in [-0.2, 0) is 9.53 Å². The molecule has 1 saturated heterocycles. The van der Waals surface area contributed by atoms with E-state index in [-0.39, 0.29) is 24.3 Å². The second kappa shape index (κ2) is 6.22. The standard InChI is InChI=1S/C9H17NO2.ClH/c1-3-12-9(11)8-4-5-10-6-7(8)2;/h7-8,10H,3-6H2,1-2H3;1H. The van der Waals surface area contributed by atoms with Crippen LogP contribution in [0.2, 0.25) is 0 Å². The number of esters is 1. The Bertz CT molecular complexity index is 164. The van der Waals surface area contributed by atoms with Gasteiger partial charge in [-0.2, -0.15) is 0 Å². The maximum atomic E-state index is 11.4. The van der Waals surface area contributed by atoms with Crippen molar-refractivity contribution in [1.29, 1.82) is 0 Å². The first-order valence-electron chi connectivity index (χ1n) is 4.63. The van der Waals surface area contributed by atoms with Crippen LogP contribution in [-0.4, -0.2) is 25.7 Å². The van der Waals surface area contributed by atoms with Crippen molar-refractivity contribution in [3.8, 4) is 0 Å². The molecule has 0 spiro atoms. The second-order valence-corrected chi connectivity index (χ2v) is 3.33. The van der Waals surface area contributed by atoms with Crippen molar-refractivity contribution >= 4 is 18.4 Å². The van der Waals surface area contributed by atoms with Gasteiger partial charge in [-0.05, 0) is 32.4 Å². The summed E-state index contributed by atoms with van der Waals surface area (Å²) in [6.45, 7) is 6.31. The third kappa shape index (κ3) is 3.53. The zero-order valence-electron chi connectivity index (χ0n) is 8.21. The molecule has 1 heterocycles.